The van der Waals surface area contributed by atoms with E-state index in [1.165, 1.54) is 11.8 Å². The van der Waals surface area contributed by atoms with Crippen LogP contribution in [0.1, 0.15) is 5.56 Å². The molecule has 0 fully saturated rings. The first-order valence-electron chi connectivity index (χ1n) is 5.28. The highest BCUT2D eigenvalue weighted by molar-refractivity contribution is 8.11. The molecule has 98 valence electrons. The number of benzene rings is 1. The Hall–Kier alpha value is -1.62. The van der Waals surface area contributed by atoms with E-state index >= 15 is 0 Å². The quantitative estimate of drug-likeness (QED) is 0.562. The van der Waals surface area contributed by atoms with Crippen molar-refractivity contribution >= 4 is 23.5 Å². The molecule has 5 heteroatoms. The number of hydrogen-bond acceptors (Lipinski definition) is 5. The fourth-order valence-electron chi connectivity index (χ4n) is 1.45. The number of ether oxygens (including phenoxy) is 3. The Balaban J connectivity index is 3.01. The fourth-order valence-corrected chi connectivity index (χ4v) is 1.74. The van der Waals surface area contributed by atoms with Crippen molar-refractivity contribution in [2.45, 2.75) is 0 Å². The lowest BCUT2D eigenvalue weighted by Gasteiger charge is -2.12. The van der Waals surface area contributed by atoms with Gasteiger partial charge in [0, 0.05) is 17.4 Å². The van der Waals surface area contributed by atoms with Gasteiger partial charge in [-0.2, -0.15) is 0 Å². The molecule has 0 aliphatic rings. The third kappa shape index (κ3) is 3.70. The monoisotopic (exact) mass is 268 g/mol. The van der Waals surface area contributed by atoms with Crippen molar-refractivity contribution in [1.82, 2.24) is 0 Å². The maximum absolute atomic E-state index is 10.2. The summed E-state index contributed by atoms with van der Waals surface area (Å²) in [5, 5.41) is 0. The number of rotatable bonds is 7. The van der Waals surface area contributed by atoms with E-state index < -0.39 is 0 Å². The number of carbonyl (C=O) groups excluding carboxylic acids is 1. The lowest BCUT2D eigenvalue weighted by Crippen LogP contribution is -1.94. The molecule has 0 bridgehead atoms. The van der Waals surface area contributed by atoms with Gasteiger partial charge in [0.15, 0.2) is 17.1 Å². The number of hydrogen-bond donors (Lipinski definition) is 0. The van der Waals surface area contributed by atoms with Crippen LogP contribution in [0.15, 0.2) is 18.2 Å². The van der Waals surface area contributed by atoms with Crippen molar-refractivity contribution in [2.75, 3.05) is 27.1 Å². The summed E-state index contributed by atoms with van der Waals surface area (Å²) in [5.74, 6) is 2.58. The standard InChI is InChI=1S/C13H16O4S/c1-15-11-8-13(17-3)12(16-2)7-10(11)5-4-6-18-9-14/h4-5,7-9H,6H2,1-3H3/b5-4+. The Morgan fingerprint density at radius 3 is 2.22 bits per heavy atom. The van der Waals surface area contributed by atoms with E-state index in [1.54, 1.807) is 27.4 Å². The smallest absolute Gasteiger partial charge is 0.176 e. The van der Waals surface area contributed by atoms with Crippen molar-refractivity contribution in [1.29, 1.82) is 0 Å². The van der Waals surface area contributed by atoms with E-state index in [2.05, 4.69) is 0 Å². The number of thioether (sulfide) groups is 1. The maximum atomic E-state index is 10.2. The molecule has 0 amide bonds. The minimum atomic E-state index is 0.619. The van der Waals surface area contributed by atoms with E-state index in [4.69, 9.17) is 14.2 Å². The van der Waals surface area contributed by atoms with Crippen molar-refractivity contribution < 1.29 is 19.0 Å². The molecule has 1 aromatic carbocycles. The molecule has 0 spiro atoms. The van der Waals surface area contributed by atoms with Crippen LogP contribution in [-0.4, -0.2) is 32.7 Å². The molecule has 0 saturated heterocycles. The van der Waals surface area contributed by atoms with E-state index in [9.17, 15) is 4.79 Å². The zero-order valence-corrected chi connectivity index (χ0v) is 11.5. The maximum Gasteiger partial charge on any atom is 0.176 e. The predicted molar refractivity (Wildman–Crippen MR) is 74.3 cm³/mol. The normalized spacial score (nSPS) is 10.4. The van der Waals surface area contributed by atoms with Gasteiger partial charge in [-0.25, -0.2) is 0 Å². The SMILES string of the molecule is COc1cc(OC)c(OC)cc1/C=C/CSC=O. The molecule has 4 nitrogen and oxygen atoms in total. The van der Waals surface area contributed by atoms with Crippen molar-refractivity contribution in [3.63, 3.8) is 0 Å². The second kappa shape index (κ2) is 7.66. The van der Waals surface area contributed by atoms with Crippen LogP contribution < -0.4 is 14.2 Å². The Labute approximate surface area is 111 Å². The molecule has 0 radical (unpaired) electrons. The average molecular weight is 268 g/mol. The summed E-state index contributed by atoms with van der Waals surface area (Å²) in [5.41, 5.74) is 1.69. The first-order chi connectivity index (χ1) is 8.76. The van der Waals surface area contributed by atoms with Gasteiger partial charge in [0.25, 0.3) is 0 Å². The van der Waals surface area contributed by atoms with E-state index in [0.29, 0.717) is 23.0 Å². The van der Waals surface area contributed by atoms with Gasteiger partial charge < -0.3 is 14.2 Å². The first-order valence-corrected chi connectivity index (χ1v) is 6.33. The fraction of sp³-hybridized carbons (Fsp3) is 0.308. The van der Waals surface area contributed by atoms with Crippen LogP contribution >= 0.6 is 11.8 Å². The molecule has 1 aromatic rings. The van der Waals surface area contributed by atoms with E-state index in [1.807, 2.05) is 18.2 Å². The Bertz CT molecular complexity index is 429. The van der Waals surface area contributed by atoms with Crippen LogP contribution in [-0.2, 0) is 4.79 Å². The summed E-state index contributed by atoms with van der Waals surface area (Å²) in [7, 11) is 4.76. The highest BCUT2D eigenvalue weighted by Crippen LogP contribution is 2.35. The predicted octanol–water partition coefficient (Wildman–Crippen LogP) is 2.65. The highest BCUT2D eigenvalue weighted by atomic mass is 32.2. The third-order valence-electron chi connectivity index (χ3n) is 2.29. The first kappa shape index (κ1) is 14.4. The van der Waals surface area contributed by atoms with Gasteiger partial charge in [-0.05, 0) is 6.07 Å². The zero-order valence-electron chi connectivity index (χ0n) is 10.6. The topological polar surface area (TPSA) is 44.8 Å². The van der Waals surface area contributed by atoms with Gasteiger partial charge in [-0.1, -0.05) is 23.9 Å². The Morgan fingerprint density at radius 2 is 1.67 bits per heavy atom. The molecule has 0 N–H and O–H groups in total. The van der Waals surface area contributed by atoms with Crippen molar-refractivity contribution in [3.05, 3.63) is 23.8 Å². The van der Waals surface area contributed by atoms with E-state index in [0.717, 1.165) is 11.2 Å². The lowest BCUT2D eigenvalue weighted by atomic mass is 10.1. The summed E-state index contributed by atoms with van der Waals surface area (Å²) in [6.45, 7) is 0. The second-order valence-electron chi connectivity index (χ2n) is 3.28. The van der Waals surface area contributed by atoms with Gasteiger partial charge >= 0.3 is 0 Å². The summed E-state index contributed by atoms with van der Waals surface area (Å²) < 4.78 is 15.7. The molecular weight excluding hydrogens is 252 g/mol. The van der Waals surface area contributed by atoms with E-state index in [-0.39, 0.29) is 0 Å². The third-order valence-corrected chi connectivity index (χ3v) is 2.81. The van der Waals surface area contributed by atoms with Crippen LogP contribution in [0.2, 0.25) is 0 Å². The number of carbonyl (C=O) groups is 1. The Morgan fingerprint density at radius 1 is 1.06 bits per heavy atom. The highest BCUT2D eigenvalue weighted by Gasteiger charge is 2.09. The molecule has 0 aromatic heterocycles. The summed E-state index contributed by atoms with van der Waals surface area (Å²) in [6, 6.07) is 3.60. The minimum Gasteiger partial charge on any atom is -0.496 e. The Kier molecular flexibility index (Phi) is 6.14. The summed E-state index contributed by atoms with van der Waals surface area (Å²) >= 11 is 1.19. The number of methoxy groups -OCH3 is 3. The summed E-state index contributed by atoms with van der Waals surface area (Å²) in [4.78, 5) is 10.2. The van der Waals surface area contributed by atoms with Gasteiger partial charge in [0.05, 0.1) is 21.3 Å². The molecule has 0 saturated carbocycles. The van der Waals surface area contributed by atoms with Crippen LogP contribution in [0.5, 0.6) is 17.2 Å². The molecule has 0 unspecified atom stereocenters. The minimum absolute atomic E-state index is 0.619. The van der Waals surface area contributed by atoms with Crippen LogP contribution in [0, 0.1) is 0 Å². The zero-order chi connectivity index (χ0) is 13.4. The van der Waals surface area contributed by atoms with Crippen LogP contribution in [0.4, 0.5) is 0 Å². The molecule has 0 heterocycles. The van der Waals surface area contributed by atoms with Gasteiger partial charge in [-0.15, -0.1) is 0 Å². The molecular formula is C13H16O4S. The molecule has 0 aliphatic carbocycles. The molecule has 18 heavy (non-hydrogen) atoms. The molecule has 0 atom stereocenters. The van der Waals surface area contributed by atoms with Crippen LogP contribution in [0.25, 0.3) is 6.08 Å². The average Bonchev–Trinajstić information content (AvgIpc) is 2.42. The largest absolute Gasteiger partial charge is 0.496 e. The van der Waals surface area contributed by atoms with Gasteiger partial charge in [0.1, 0.15) is 5.75 Å². The molecule has 0 aliphatic heterocycles. The summed E-state index contributed by atoms with van der Waals surface area (Å²) in [6.07, 6.45) is 3.78. The van der Waals surface area contributed by atoms with Crippen molar-refractivity contribution in [3.8, 4) is 17.2 Å². The second-order valence-corrected chi connectivity index (χ2v) is 4.14. The van der Waals surface area contributed by atoms with Gasteiger partial charge in [0.2, 0.25) is 0 Å². The van der Waals surface area contributed by atoms with Crippen molar-refractivity contribution in [2.24, 2.45) is 0 Å². The lowest BCUT2D eigenvalue weighted by molar-refractivity contribution is 0.348. The van der Waals surface area contributed by atoms with Gasteiger partial charge in [-0.3, -0.25) is 4.79 Å². The molecule has 1 rings (SSSR count). The van der Waals surface area contributed by atoms with Crippen LogP contribution in [0.3, 0.4) is 0 Å².